The number of nitrogens with two attached hydrogens (primary N) is 2. The molecule has 33 heavy (non-hydrogen) atoms. The van der Waals surface area contributed by atoms with Crippen LogP contribution in [0.5, 0.6) is 0 Å². The van der Waals surface area contributed by atoms with Gasteiger partial charge in [-0.25, -0.2) is 4.79 Å². The van der Waals surface area contributed by atoms with Crippen molar-refractivity contribution in [3.63, 3.8) is 0 Å². The fourth-order valence-corrected chi connectivity index (χ4v) is 4.12. The van der Waals surface area contributed by atoms with Gasteiger partial charge in [-0.2, -0.15) is 11.8 Å². The standard InChI is InChI=1S/C21H37N5O6S/c1-4-12(2)17(21(31)32)25-19(29)15-6-5-10-26(15)20(30)14(7-8-16(23)27)24-18(28)13(22)9-11-33-3/h12-15,17H,4-11,22H2,1-3H3,(H2,23,27)(H,24,28)(H,25,29)(H,31,32). The van der Waals surface area contributed by atoms with Gasteiger partial charge in [-0.05, 0) is 43.6 Å². The minimum absolute atomic E-state index is 0.0232. The molecule has 7 N–H and O–H groups in total. The molecule has 0 bridgehead atoms. The molecule has 5 unspecified atom stereocenters. The summed E-state index contributed by atoms with van der Waals surface area (Å²) in [6.45, 7) is 3.83. The fraction of sp³-hybridized carbons (Fsp3) is 0.762. The Kier molecular flexibility index (Phi) is 12.2. The highest BCUT2D eigenvalue weighted by atomic mass is 32.2. The van der Waals surface area contributed by atoms with Crippen LogP contribution in [0, 0.1) is 5.92 Å². The topological polar surface area (TPSA) is 185 Å². The van der Waals surface area contributed by atoms with Gasteiger partial charge in [-0.3, -0.25) is 19.2 Å². The lowest BCUT2D eigenvalue weighted by Crippen LogP contribution is -2.57. The summed E-state index contributed by atoms with van der Waals surface area (Å²) in [6.07, 6.45) is 3.63. The van der Waals surface area contributed by atoms with Crippen LogP contribution in [0.3, 0.4) is 0 Å². The largest absolute Gasteiger partial charge is 0.480 e. The van der Waals surface area contributed by atoms with Crippen molar-refractivity contribution < 1.29 is 29.1 Å². The van der Waals surface area contributed by atoms with E-state index in [0.29, 0.717) is 31.4 Å². The Balaban J connectivity index is 2.97. The van der Waals surface area contributed by atoms with E-state index >= 15 is 0 Å². The lowest BCUT2D eigenvalue weighted by molar-refractivity contribution is -0.146. The Morgan fingerprint density at radius 1 is 1.18 bits per heavy atom. The molecule has 0 spiro atoms. The second-order valence-electron chi connectivity index (χ2n) is 8.35. The van der Waals surface area contributed by atoms with Crippen LogP contribution < -0.4 is 22.1 Å². The first-order valence-electron chi connectivity index (χ1n) is 11.2. The van der Waals surface area contributed by atoms with Crippen LogP contribution >= 0.6 is 11.8 Å². The average Bonchev–Trinajstić information content (AvgIpc) is 3.26. The van der Waals surface area contributed by atoms with E-state index in [9.17, 15) is 29.1 Å². The average molecular weight is 488 g/mol. The van der Waals surface area contributed by atoms with Crippen molar-refractivity contribution in [2.75, 3.05) is 18.6 Å². The molecule has 0 saturated carbocycles. The number of carbonyl (C=O) groups is 5. The molecule has 1 aliphatic rings. The lowest BCUT2D eigenvalue weighted by Gasteiger charge is -2.30. The Labute approximate surface area is 198 Å². The molecule has 188 valence electrons. The van der Waals surface area contributed by atoms with Crippen LogP contribution in [0.1, 0.15) is 52.4 Å². The summed E-state index contributed by atoms with van der Waals surface area (Å²) in [4.78, 5) is 62.9. The van der Waals surface area contributed by atoms with E-state index in [0.717, 1.165) is 0 Å². The molecule has 1 heterocycles. The van der Waals surface area contributed by atoms with E-state index in [1.54, 1.807) is 6.92 Å². The second-order valence-corrected chi connectivity index (χ2v) is 9.34. The summed E-state index contributed by atoms with van der Waals surface area (Å²) in [5, 5.41) is 14.6. The number of amides is 4. The molecular weight excluding hydrogens is 450 g/mol. The number of carboxylic acids is 1. The highest BCUT2D eigenvalue weighted by molar-refractivity contribution is 7.98. The predicted octanol–water partition coefficient (Wildman–Crippen LogP) is -0.576. The molecule has 4 amide bonds. The molecule has 5 atom stereocenters. The zero-order valence-electron chi connectivity index (χ0n) is 19.5. The summed E-state index contributed by atoms with van der Waals surface area (Å²) < 4.78 is 0. The van der Waals surface area contributed by atoms with E-state index < -0.39 is 53.8 Å². The van der Waals surface area contributed by atoms with Gasteiger partial charge >= 0.3 is 5.97 Å². The van der Waals surface area contributed by atoms with Crippen LogP contribution in [0.15, 0.2) is 0 Å². The molecule has 1 rings (SSSR count). The summed E-state index contributed by atoms with van der Waals surface area (Å²) in [5.41, 5.74) is 11.1. The zero-order chi connectivity index (χ0) is 25.1. The molecular formula is C21H37N5O6S. The number of primary amides is 1. The van der Waals surface area contributed by atoms with Gasteiger partial charge in [0.2, 0.25) is 23.6 Å². The number of hydrogen-bond acceptors (Lipinski definition) is 7. The maximum Gasteiger partial charge on any atom is 0.326 e. The van der Waals surface area contributed by atoms with Crippen molar-refractivity contribution in [3.8, 4) is 0 Å². The quantitative estimate of drug-likeness (QED) is 0.215. The van der Waals surface area contributed by atoms with Gasteiger partial charge in [0, 0.05) is 13.0 Å². The molecule has 1 aliphatic heterocycles. The third-order valence-corrected chi connectivity index (χ3v) is 6.52. The number of aliphatic carboxylic acids is 1. The lowest BCUT2D eigenvalue weighted by atomic mass is 9.98. The highest BCUT2D eigenvalue weighted by Crippen LogP contribution is 2.21. The molecule has 1 saturated heterocycles. The van der Waals surface area contributed by atoms with E-state index in [2.05, 4.69) is 10.6 Å². The van der Waals surface area contributed by atoms with Crippen molar-refractivity contribution in [2.45, 2.75) is 76.5 Å². The van der Waals surface area contributed by atoms with Crippen molar-refractivity contribution in [1.29, 1.82) is 0 Å². The molecule has 0 aromatic rings. The Morgan fingerprint density at radius 3 is 2.39 bits per heavy atom. The number of carbonyl (C=O) groups excluding carboxylic acids is 4. The molecule has 0 radical (unpaired) electrons. The van der Waals surface area contributed by atoms with Crippen LogP contribution in [-0.2, 0) is 24.0 Å². The van der Waals surface area contributed by atoms with Crippen molar-refractivity contribution >= 4 is 41.4 Å². The minimum atomic E-state index is -1.14. The Morgan fingerprint density at radius 2 is 1.85 bits per heavy atom. The number of nitrogens with one attached hydrogen (secondary N) is 2. The number of thioether (sulfide) groups is 1. The normalized spacial score (nSPS) is 19.3. The van der Waals surface area contributed by atoms with Crippen molar-refractivity contribution in [2.24, 2.45) is 17.4 Å². The first kappa shape index (κ1) is 28.7. The number of hydrogen-bond donors (Lipinski definition) is 5. The van der Waals surface area contributed by atoms with Gasteiger partial charge in [0.15, 0.2) is 0 Å². The van der Waals surface area contributed by atoms with Gasteiger partial charge < -0.3 is 32.1 Å². The summed E-state index contributed by atoms with van der Waals surface area (Å²) in [6, 6.07) is -3.81. The third kappa shape index (κ3) is 8.84. The second kappa shape index (κ2) is 14.0. The van der Waals surface area contributed by atoms with Gasteiger partial charge in [-0.15, -0.1) is 0 Å². The molecule has 0 aliphatic carbocycles. The molecule has 1 fully saturated rings. The van der Waals surface area contributed by atoms with Crippen LogP contribution in [-0.4, -0.2) is 82.3 Å². The van der Waals surface area contributed by atoms with E-state index in [1.165, 1.54) is 16.7 Å². The molecule has 0 aromatic heterocycles. The van der Waals surface area contributed by atoms with Crippen molar-refractivity contribution in [3.05, 3.63) is 0 Å². The van der Waals surface area contributed by atoms with Crippen LogP contribution in [0.4, 0.5) is 0 Å². The number of likely N-dealkylation sites (tertiary alicyclic amines) is 1. The first-order chi connectivity index (χ1) is 15.5. The van der Waals surface area contributed by atoms with Gasteiger partial charge in [0.05, 0.1) is 6.04 Å². The first-order valence-corrected chi connectivity index (χ1v) is 12.6. The van der Waals surface area contributed by atoms with Gasteiger partial charge in [-0.1, -0.05) is 20.3 Å². The minimum Gasteiger partial charge on any atom is -0.480 e. The summed E-state index contributed by atoms with van der Waals surface area (Å²) in [5.74, 6) is -2.97. The number of rotatable bonds is 14. The number of carboxylic acid groups (broad SMARTS) is 1. The summed E-state index contributed by atoms with van der Waals surface area (Å²) in [7, 11) is 0. The molecule has 0 aromatic carbocycles. The maximum absolute atomic E-state index is 13.3. The Hall–Kier alpha value is -2.34. The zero-order valence-corrected chi connectivity index (χ0v) is 20.4. The van der Waals surface area contributed by atoms with Crippen LogP contribution in [0.2, 0.25) is 0 Å². The number of nitrogens with zero attached hydrogens (tertiary/aromatic N) is 1. The predicted molar refractivity (Wildman–Crippen MR) is 125 cm³/mol. The smallest absolute Gasteiger partial charge is 0.326 e. The van der Waals surface area contributed by atoms with Gasteiger partial charge in [0.1, 0.15) is 18.1 Å². The SMILES string of the molecule is CCC(C)C(NC(=O)C1CCCN1C(=O)C(CCC(N)=O)NC(=O)C(N)CCSC)C(=O)O. The van der Waals surface area contributed by atoms with Gasteiger partial charge in [0.25, 0.3) is 0 Å². The summed E-state index contributed by atoms with van der Waals surface area (Å²) >= 11 is 1.54. The third-order valence-electron chi connectivity index (χ3n) is 5.88. The molecule has 11 nitrogen and oxygen atoms in total. The Bertz CT molecular complexity index is 721. The van der Waals surface area contributed by atoms with Crippen LogP contribution in [0.25, 0.3) is 0 Å². The van der Waals surface area contributed by atoms with E-state index in [1.807, 2.05) is 13.2 Å². The monoisotopic (exact) mass is 487 g/mol. The molecule has 12 heteroatoms. The van der Waals surface area contributed by atoms with E-state index in [-0.39, 0.29) is 25.3 Å². The van der Waals surface area contributed by atoms with Crippen molar-refractivity contribution in [1.82, 2.24) is 15.5 Å². The van der Waals surface area contributed by atoms with E-state index in [4.69, 9.17) is 11.5 Å². The fourth-order valence-electron chi connectivity index (χ4n) is 3.63. The highest BCUT2D eigenvalue weighted by Gasteiger charge is 2.39. The maximum atomic E-state index is 13.3.